The number of hydrogen-bond acceptors (Lipinski definition) is 5. The van der Waals surface area contributed by atoms with E-state index in [-0.39, 0.29) is 15.7 Å². The van der Waals surface area contributed by atoms with Crippen LogP contribution in [0.25, 0.3) is 0 Å². The molecule has 2 aromatic rings. The van der Waals surface area contributed by atoms with Crippen molar-refractivity contribution in [3.63, 3.8) is 0 Å². The molecule has 0 saturated carbocycles. The van der Waals surface area contributed by atoms with E-state index in [1.165, 1.54) is 12.3 Å². The topological polar surface area (TPSA) is 71.5 Å². The second kappa shape index (κ2) is 7.99. The van der Waals surface area contributed by atoms with Gasteiger partial charge in [-0.1, -0.05) is 23.2 Å². The Labute approximate surface area is 149 Å². The van der Waals surface area contributed by atoms with Crippen molar-refractivity contribution in [3.8, 4) is 0 Å². The van der Waals surface area contributed by atoms with Crippen molar-refractivity contribution < 1.29 is 14.3 Å². The Kier molecular flexibility index (Phi) is 6.00. The van der Waals surface area contributed by atoms with Crippen molar-refractivity contribution in [3.05, 3.63) is 52.3 Å². The summed E-state index contributed by atoms with van der Waals surface area (Å²) in [6.07, 6.45) is 1.23. The molecular formula is C16H15Cl2N3O3. The number of amides is 1. The summed E-state index contributed by atoms with van der Waals surface area (Å²) in [5.41, 5.74) is 1.73. The van der Waals surface area contributed by atoms with E-state index in [4.69, 9.17) is 27.9 Å². The van der Waals surface area contributed by atoms with E-state index >= 15 is 0 Å². The molecule has 1 aromatic carbocycles. The van der Waals surface area contributed by atoms with Crippen LogP contribution in [0.15, 0.2) is 36.5 Å². The van der Waals surface area contributed by atoms with E-state index in [0.717, 1.165) is 5.69 Å². The van der Waals surface area contributed by atoms with Crippen molar-refractivity contribution in [1.82, 2.24) is 4.98 Å². The highest BCUT2D eigenvalue weighted by Crippen LogP contribution is 2.20. The third kappa shape index (κ3) is 4.84. The minimum atomic E-state index is -0.709. The molecule has 8 heteroatoms. The van der Waals surface area contributed by atoms with Gasteiger partial charge in [-0.25, -0.2) is 9.78 Å². The van der Waals surface area contributed by atoms with Crippen LogP contribution in [0.5, 0.6) is 0 Å². The molecule has 0 spiro atoms. The number of rotatable bonds is 5. The van der Waals surface area contributed by atoms with Crippen molar-refractivity contribution in [1.29, 1.82) is 0 Å². The molecule has 0 radical (unpaired) electrons. The zero-order valence-corrected chi connectivity index (χ0v) is 14.6. The van der Waals surface area contributed by atoms with E-state index in [0.29, 0.717) is 5.69 Å². The highest BCUT2D eigenvalue weighted by atomic mass is 35.5. The summed E-state index contributed by atoms with van der Waals surface area (Å²) in [4.78, 5) is 29.3. The smallest absolute Gasteiger partial charge is 0.340 e. The highest BCUT2D eigenvalue weighted by Gasteiger charge is 2.13. The number of ether oxygens (including phenoxy) is 1. The molecule has 0 saturated heterocycles. The predicted octanol–water partition coefficient (Wildman–Crippen LogP) is 3.25. The van der Waals surface area contributed by atoms with E-state index in [2.05, 4.69) is 10.3 Å². The first-order valence-corrected chi connectivity index (χ1v) is 7.68. The molecule has 2 rings (SSSR count). The standard InChI is InChI=1S/C16H15Cl2N3O3/c1-21(2)12-5-3-11(4-6-12)20-14(22)9-24-16(23)10-7-13(17)15(18)19-8-10/h3-8H,9H2,1-2H3,(H,20,22). The number of nitrogens with zero attached hydrogens (tertiary/aromatic N) is 2. The lowest BCUT2D eigenvalue weighted by Crippen LogP contribution is -2.21. The first-order valence-electron chi connectivity index (χ1n) is 6.92. The Morgan fingerprint density at radius 1 is 1.21 bits per heavy atom. The number of carbonyl (C=O) groups excluding carboxylic acids is 2. The van der Waals surface area contributed by atoms with Crippen LogP contribution in [0.2, 0.25) is 10.2 Å². The lowest BCUT2D eigenvalue weighted by Gasteiger charge is -2.13. The number of anilines is 2. The molecule has 0 aliphatic rings. The minimum Gasteiger partial charge on any atom is -0.452 e. The maximum Gasteiger partial charge on any atom is 0.340 e. The molecule has 0 unspecified atom stereocenters. The summed E-state index contributed by atoms with van der Waals surface area (Å²) in [6.45, 7) is -0.422. The number of esters is 1. The zero-order valence-electron chi connectivity index (χ0n) is 13.0. The second-order valence-corrected chi connectivity index (χ2v) is 5.83. The van der Waals surface area contributed by atoms with Gasteiger partial charge in [0.1, 0.15) is 5.15 Å². The molecular weight excluding hydrogens is 353 g/mol. The maximum absolute atomic E-state index is 11.8. The molecule has 1 N–H and O–H groups in total. The number of nitrogens with one attached hydrogen (secondary N) is 1. The lowest BCUT2D eigenvalue weighted by atomic mass is 10.2. The van der Waals surface area contributed by atoms with Gasteiger partial charge in [0.25, 0.3) is 5.91 Å². The van der Waals surface area contributed by atoms with Crippen LogP contribution < -0.4 is 10.2 Å². The van der Waals surface area contributed by atoms with Crippen molar-refractivity contribution >= 4 is 46.5 Å². The summed E-state index contributed by atoms with van der Waals surface area (Å²) in [7, 11) is 3.84. The number of benzene rings is 1. The Balaban J connectivity index is 1.88. The van der Waals surface area contributed by atoms with Gasteiger partial charge in [0.05, 0.1) is 10.6 Å². The molecule has 0 bridgehead atoms. The summed E-state index contributed by atoms with van der Waals surface area (Å²) >= 11 is 11.4. The number of hydrogen-bond donors (Lipinski definition) is 1. The van der Waals surface area contributed by atoms with Crippen molar-refractivity contribution in [2.75, 3.05) is 30.9 Å². The van der Waals surface area contributed by atoms with E-state index < -0.39 is 18.5 Å². The van der Waals surface area contributed by atoms with Gasteiger partial charge in [0.2, 0.25) is 0 Å². The SMILES string of the molecule is CN(C)c1ccc(NC(=O)COC(=O)c2cnc(Cl)c(Cl)c2)cc1. The summed E-state index contributed by atoms with van der Waals surface area (Å²) in [5, 5.41) is 2.86. The first-order chi connectivity index (χ1) is 11.4. The van der Waals surface area contributed by atoms with Gasteiger partial charge in [-0.3, -0.25) is 4.79 Å². The van der Waals surface area contributed by atoms with Crippen molar-refractivity contribution in [2.24, 2.45) is 0 Å². The average molecular weight is 368 g/mol. The second-order valence-electron chi connectivity index (χ2n) is 5.06. The summed E-state index contributed by atoms with van der Waals surface area (Å²) in [5.74, 6) is -1.16. The number of pyridine rings is 1. The van der Waals surface area contributed by atoms with Crippen LogP contribution in [0.4, 0.5) is 11.4 Å². The quantitative estimate of drug-likeness (QED) is 0.648. The molecule has 0 fully saturated rings. The van der Waals surface area contributed by atoms with Gasteiger partial charge in [0.15, 0.2) is 6.61 Å². The summed E-state index contributed by atoms with van der Waals surface area (Å²) < 4.78 is 4.92. The summed E-state index contributed by atoms with van der Waals surface area (Å²) in [6, 6.07) is 8.58. The van der Waals surface area contributed by atoms with Gasteiger partial charge in [0, 0.05) is 31.7 Å². The van der Waals surface area contributed by atoms with Gasteiger partial charge in [-0.05, 0) is 30.3 Å². The number of halogens is 2. The van der Waals surface area contributed by atoms with Crippen LogP contribution >= 0.6 is 23.2 Å². The molecule has 1 amide bonds. The first kappa shape index (κ1) is 18.0. The zero-order chi connectivity index (χ0) is 17.7. The molecule has 0 aliphatic heterocycles. The van der Waals surface area contributed by atoms with Crippen LogP contribution in [0.1, 0.15) is 10.4 Å². The Hall–Kier alpha value is -2.31. The molecule has 0 aliphatic carbocycles. The van der Waals surface area contributed by atoms with Gasteiger partial charge in [-0.15, -0.1) is 0 Å². The lowest BCUT2D eigenvalue weighted by molar-refractivity contribution is -0.119. The van der Waals surface area contributed by atoms with Crippen LogP contribution in [0, 0.1) is 0 Å². The predicted molar refractivity (Wildman–Crippen MR) is 93.9 cm³/mol. The van der Waals surface area contributed by atoms with Gasteiger partial charge < -0.3 is 15.0 Å². The Morgan fingerprint density at radius 2 is 1.88 bits per heavy atom. The maximum atomic E-state index is 11.8. The Morgan fingerprint density at radius 3 is 2.46 bits per heavy atom. The normalized spacial score (nSPS) is 10.2. The molecule has 126 valence electrons. The molecule has 6 nitrogen and oxygen atoms in total. The molecule has 24 heavy (non-hydrogen) atoms. The van der Waals surface area contributed by atoms with Gasteiger partial charge >= 0.3 is 5.97 Å². The van der Waals surface area contributed by atoms with E-state index in [1.54, 1.807) is 12.1 Å². The molecule has 0 atom stereocenters. The average Bonchev–Trinajstić information content (AvgIpc) is 2.55. The monoisotopic (exact) mass is 367 g/mol. The van der Waals surface area contributed by atoms with Crippen LogP contribution in [-0.2, 0) is 9.53 Å². The third-order valence-electron chi connectivity index (χ3n) is 3.03. The van der Waals surface area contributed by atoms with Crippen molar-refractivity contribution in [2.45, 2.75) is 0 Å². The van der Waals surface area contributed by atoms with Gasteiger partial charge in [-0.2, -0.15) is 0 Å². The Bertz CT molecular complexity index is 749. The molecule has 1 heterocycles. The fraction of sp³-hybridized carbons (Fsp3) is 0.188. The van der Waals surface area contributed by atoms with E-state index in [1.807, 2.05) is 31.1 Å². The third-order valence-corrected chi connectivity index (χ3v) is 3.72. The van der Waals surface area contributed by atoms with Crippen LogP contribution in [-0.4, -0.2) is 37.6 Å². The van der Waals surface area contributed by atoms with Crippen LogP contribution in [0.3, 0.4) is 0 Å². The largest absolute Gasteiger partial charge is 0.452 e. The number of aromatic nitrogens is 1. The molecule has 1 aromatic heterocycles. The fourth-order valence-electron chi connectivity index (χ4n) is 1.79. The van der Waals surface area contributed by atoms with E-state index in [9.17, 15) is 9.59 Å². The highest BCUT2D eigenvalue weighted by molar-refractivity contribution is 6.41. The number of carbonyl (C=O) groups is 2. The fourth-order valence-corrected chi connectivity index (χ4v) is 2.06. The minimum absolute atomic E-state index is 0.0899.